The van der Waals surface area contributed by atoms with Gasteiger partial charge in [0.05, 0.1) is 39.0 Å². The van der Waals surface area contributed by atoms with Crippen molar-refractivity contribution in [2.24, 2.45) is 0 Å². The minimum absolute atomic E-state index is 0.701. The Balaban J connectivity index is 1.11. The Labute approximate surface area is 337 Å². The zero-order valence-electron chi connectivity index (χ0n) is 31.7. The van der Waals surface area contributed by atoms with Crippen LogP contribution in [0.5, 0.6) is 0 Å². The molecule has 0 N–H and O–H groups in total. The molecule has 0 bridgehead atoms. The molecule has 0 aliphatic rings. The van der Waals surface area contributed by atoms with E-state index in [-0.39, 0.29) is 0 Å². The van der Waals surface area contributed by atoms with Gasteiger partial charge in [0.15, 0.2) is 5.82 Å². The lowest BCUT2D eigenvalue weighted by Crippen LogP contribution is -2.00. The summed E-state index contributed by atoms with van der Waals surface area (Å²) in [5, 5.41) is 10.4. The molecule has 4 heterocycles. The Morgan fingerprint density at radius 1 is 0.373 bits per heavy atom. The second-order valence-corrected chi connectivity index (χ2v) is 15.3. The van der Waals surface area contributed by atoms with E-state index in [2.05, 4.69) is 185 Å². The standard InChI is InChI=1S/C54H32N4O/c1-2-14-34(15-3-1)51-42-20-6-9-21-45(42)55-54(56-51)35-25-27-36(28-26-35)57-47-22-10-7-18-38(47)40-29-30-41-43-31-44-39-19-8-11-24-49(39)59-50(44)32-48(43)58(53(41)52(40)57)46-23-12-16-33-13-4-5-17-37(33)46/h1-32H. The minimum atomic E-state index is 0.701. The molecule has 0 radical (unpaired) electrons. The number of furan rings is 1. The minimum Gasteiger partial charge on any atom is -0.456 e. The molecule has 4 aromatic heterocycles. The smallest absolute Gasteiger partial charge is 0.160 e. The lowest BCUT2D eigenvalue weighted by Gasteiger charge is -2.15. The maximum absolute atomic E-state index is 6.54. The van der Waals surface area contributed by atoms with Gasteiger partial charge >= 0.3 is 0 Å². The van der Waals surface area contributed by atoms with Crippen molar-refractivity contribution in [1.82, 2.24) is 19.1 Å². The molecule has 0 saturated carbocycles. The molecule has 5 heteroatoms. The second-order valence-electron chi connectivity index (χ2n) is 15.3. The highest BCUT2D eigenvalue weighted by molar-refractivity contribution is 6.26. The molecular weight excluding hydrogens is 721 g/mol. The molecule has 274 valence electrons. The molecule has 13 rings (SSSR count). The third-order valence-electron chi connectivity index (χ3n) is 12.1. The number of nitrogens with zero attached hydrogens (tertiary/aromatic N) is 4. The average molecular weight is 753 g/mol. The molecule has 13 aromatic rings. The van der Waals surface area contributed by atoms with Gasteiger partial charge in [-0.2, -0.15) is 0 Å². The largest absolute Gasteiger partial charge is 0.456 e. The predicted octanol–water partition coefficient (Wildman–Crippen LogP) is 14.2. The van der Waals surface area contributed by atoms with Crippen LogP contribution in [-0.2, 0) is 0 Å². The molecule has 0 fully saturated rings. The quantitative estimate of drug-likeness (QED) is 0.180. The van der Waals surface area contributed by atoms with Crippen molar-refractivity contribution in [3.63, 3.8) is 0 Å². The topological polar surface area (TPSA) is 48.8 Å². The van der Waals surface area contributed by atoms with E-state index < -0.39 is 0 Å². The first-order valence-electron chi connectivity index (χ1n) is 20.0. The fourth-order valence-corrected chi connectivity index (χ4v) is 9.47. The van der Waals surface area contributed by atoms with Gasteiger partial charge in [-0.05, 0) is 60.0 Å². The van der Waals surface area contributed by atoms with Gasteiger partial charge in [0.25, 0.3) is 0 Å². The van der Waals surface area contributed by atoms with Crippen LogP contribution in [0, 0.1) is 0 Å². The molecule has 5 nitrogen and oxygen atoms in total. The fraction of sp³-hybridized carbons (Fsp3) is 0. The summed E-state index contributed by atoms with van der Waals surface area (Å²) in [6.45, 7) is 0. The van der Waals surface area contributed by atoms with E-state index in [9.17, 15) is 0 Å². The molecule has 0 aliphatic heterocycles. The number of rotatable bonds is 4. The molecular formula is C54H32N4O. The van der Waals surface area contributed by atoms with Crippen LogP contribution in [0.3, 0.4) is 0 Å². The van der Waals surface area contributed by atoms with Crippen LogP contribution in [0.2, 0.25) is 0 Å². The van der Waals surface area contributed by atoms with E-state index in [0.717, 1.165) is 83.1 Å². The van der Waals surface area contributed by atoms with Crippen molar-refractivity contribution in [1.29, 1.82) is 0 Å². The van der Waals surface area contributed by atoms with Gasteiger partial charge in [-0.25, -0.2) is 9.97 Å². The molecule has 0 saturated heterocycles. The van der Waals surface area contributed by atoms with Crippen molar-refractivity contribution < 1.29 is 4.42 Å². The normalized spacial score (nSPS) is 12.1. The molecule has 59 heavy (non-hydrogen) atoms. The van der Waals surface area contributed by atoms with Gasteiger partial charge in [-0.1, -0.05) is 133 Å². The maximum Gasteiger partial charge on any atom is 0.160 e. The zero-order valence-corrected chi connectivity index (χ0v) is 31.7. The first-order valence-corrected chi connectivity index (χ1v) is 20.0. The lowest BCUT2D eigenvalue weighted by molar-refractivity contribution is 0.669. The highest BCUT2D eigenvalue weighted by Gasteiger charge is 2.23. The molecule has 0 amide bonds. The molecule has 0 aliphatic carbocycles. The summed E-state index contributed by atoms with van der Waals surface area (Å²) in [6.07, 6.45) is 0. The van der Waals surface area contributed by atoms with Crippen LogP contribution < -0.4 is 0 Å². The van der Waals surface area contributed by atoms with E-state index in [0.29, 0.717) is 5.82 Å². The Bertz CT molecular complexity index is 3830. The number of para-hydroxylation sites is 3. The van der Waals surface area contributed by atoms with Crippen LogP contribution in [0.1, 0.15) is 0 Å². The predicted molar refractivity (Wildman–Crippen MR) is 244 cm³/mol. The van der Waals surface area contributed by atoms with Gasteiger partial charge in [0, 0.05) is 66.0 Å². The van der Waals surface area contributed by atoms with E-state index in [1.54, 1.807) is 0 Å². The van der Waals surface area contributed by atoms with Crippen LogP contribution in [-0.4, -0.2) is 19.1 Å². The van der Waals surface area contributed by atoms with Crippen molar-refractivity contribution in [2.75, 3.05) is 0 Å². The van der Waals surface area contributed by atoms with E-state index in [4.69, 9.17) is 14.4 Å². The third kappa shape index (κ3) is 4.67. The third-order valence-corrected chi connectivity index (χ3v) is 12.1. The summed E-state index contributed by atoms with van der Waals surface area (Å²) >= 11 is 0. The number of hydrogen-bond acceptors (Lipinski definition) is 3. The van der Waals surface area contributed by atoms with E-state index >= 15 is 0 Å². The molecule has 0 unspecified atom stereocenters. The van der Waals surface area contributed by atoms with Crippen LogP contribution >= 0.6 is 0 Å². The SMILES string of the molecule is c1ccc(-c2nc(-c3ccc(-n4c5ccccc5c5ccc6c7cc8c(cc7n(-c7cccc9ccccc79)c6c54)oc4ccccc48)cc3)nc3ccccc23)cc1. The highest BCUT2D eigenvalue weighted by atomic mass is 16.3. The van der Waals surface area contributed by atoms with Crippen LogP contribution in [0.15, 0.2) is 199 Å². The lowest BCUT2D eigenvalue weighted by atomic mass is 10.1. The van der Waals surface area contributed by atoms with Crippen LogP contribution in [0.4, 0.5) is 0 Å². The summed E-state index contributed by atoms with van der Waals surface area (Å²) < 4.78 is 11.4. The first-order chi connectivity index (χ1) is 29.3. The molecule has 0 spiro atoms. The number of aromatic nitrogens is 4. The summed E-state index contributed by atoms with van der Waals surface area (Å²) in [5.74, 6) is 0.701. The monoisotopic (exact) mass is 752 g/mol. The molecule has 9 aromatic carbocycles. The van der Waals surface area contributed by atoms with Gasteiger partial charge < -0.3 is 13.6 Å². The summed E-state index contributed by atoms with van der Waals surface area (Å²) in [7, 11) is 0. The van der Waals surface area contributed by atoms with Crippen molar-refractivity contribution in [2.45, 2.75) is 0 Å². The summed E-state index contributed by atoms with van der Waals surface area (Å²) in [5.41, 5.74) is 12.4. The van der Waals surface area contributed by atoms with Crippen LogP contribution in [0.25, 0.3) is 121 Å². The second kappa shape index (κ2) is 12.2. The number of fused-ring (bicyclic) bond motifs is 12. The Hall–Kier alpha value is -8.02. The maximum atomic E-state index is 6.54. The summed E-state index contributed by atoms with van der Waals surface area (Å²) in [6, 6.07) is 69.0. The Morgan fingerprint density at radius 2 is 1.05 bits per heavy atom. The van der Waals surface area contributed by atoms with Gasteiger partial charge in [0.1, 0.15) is 11.2 Å². The first kappa shape index (κ1) is 32.1. The van der Waals surface area contributed by atoms with E-state index in [1.807, 2.05) is 18.2 Å². The van der Waals surface area contributed by atoms with Gasteiger partial charge in [0.2, 0.25) is 0 Å². The number of hydrogen-bond donors (Lipinski definition) is 0. The van der Waals surface area contributed by atoms with Crippen molar-refractivity contribution >= 4 is 87.2 Å². The zero-order chi connectivity index (χ0) is 38.6. The summed E-state index contributed by atoms with van der Waals surface area (Å²) in [4.78, 5) is 10.2. The highest BCUT2D eigenvalue weighted by Crippen LogP contribution is 2.45. The van der Waals surface area contributed by atoms with Gasteiger partial charge in [-0.3, -0.25) is 0 Å². The van der Waals surface area contributed by atoms with Crippen molar-refractivity contribution in [3.05, 3.63) is 194 Å². The average Bonchev–Trinajstić information content (AvgIpc) is 3.95. The van der Waals surface area contributed by atoms with Crippen molar-refractivity contribution in [3.8, 4) is 34.0 Å². The Morgan fingerprint density at radius 3 is 1.92 bits per heavy atom. The Kier molecular flexibility index (Phi) is 6.66. The fourth-order valence-electron chi connectivity index (χ4n) is 9.47. The van der Waals surface area contributed by atoms with Gasteiger partial charge in [-0.15, -0.1) is 0 Å². The molecule has 0 atom stereocenters. The number of benzene rings is 9. The van der Waals surface area contributed by atoms with E-state index in [1.165, 1.54) is 32.3 Å².